The molecule has 3 atom stereocenters. The van der Waals surface area contributed by atoms with Crippen molar-refractivity contribution in [2.45, 2.75) is 39.7 Å². The monoisotopic (exact) mass is 317 g/mol. The van der Waals surface area contributed by atoms with Crippen LogP contribution in [0.3, 0.4) is 0 Å². The van der Waals surface area contributed by atoms with Gasteiger partial charge >= 0.3 is 0 Å². The Hall–Kier alpha value is -1.39. The van der Waals surface area contributed by atoms with Gasteiger partial charge in [-0.15, -0.1) is 0 Å². The molecule has 128 valence electrons. The SMILES string of the molecule is Cc1ccc(C(N)C(=O)NCCCN2CC(C)CC(C)C2)cc1. The Bertz CT molecular complexity index is 490. The zero-order valence-corrected chi connectivity index (χ0v) is 14.7. The third-order valence-electron chi connectivity index (χ3n) is 4.61. The summed E-state index contributed by atoms with van der Waals surface area (Å²) in [6.45, 7) is 10.8. The van der Waals surface area contributed by atoms with Crippen molar-refractivity contribution in [1.29, 1.82) is 0 Å². The fourth-order valence-electron chi connectivity index (χ4n) is 3.52. The lowest BCUT2D eigenvalue weighted by Gasteiger charge is -2.34. The van der Waals surface area contributed by atoms with E-state index in [-0.39, 0.29) is 5.91 Å². The summed E-state index contributed by atoms with van der Waals surface area (Å²) in [4.78, 5) is 14.7. The predicted molar refractivity (Wildman–Crippen MR) is 95.1 cm³/mol. The van der Waals surface area contributed by atoms with Crippen LogP contribution in [0.5, 0.6) is 0 Å². The van der Waals surface area contributed by atoms with Crippen LogP contribution in [0.2, 0.25) is 0 Å². The maximum atomic E-state index is 12.1. The van der Waals surface area contributed by atoms with Crippen LogP contribution in [0.15, 0.2) is 24.3 Å². The standard InChI is InChI=1S/C19H31N3O/c1-14-5-7-17(8-6-14)18(20)19(23)21-9-4-10-22-12-15(2)11-16(3)13-22/h5-8,15-16,18H,4,9-13,20H2,1-3H3,(H,21,23). The van der Waals surface area contributed by atoms with Crippen molar-refractivity contribution in [1.82, 2.24) is 10.2 Å². The summed E-state index contributed by atoms with van der Waals surface area (Å²) in [6, 6.07) is 7.25. The lowest BCUT2D eigenvalue weighted by molar-refractivity contribution is -0.122. The molecule has 23 heavy (non-hydrogen) atoms. The van der Waals surface area contributed by atoms with Gasteiger partial charge in [-0.3, -0.25) is 4.79 Å². The molecule has 0 aliphatic carbocycles. The Morgan fingerprint density at radius 1 is 1.26 bits per heavy atom. The number of aryl methyl sites for hydroxylation is 1. The van der Waals surface area contributed by atoms with E-state index in [9.17, 15) is 4.79 Å². The summed E-state index contributed by atoms with van der Waals surface area (Å²) in [5.41, 5.74) is 8.07. The van der Waals surface area contributed by atoms with E-state index in [1.54, 1.807) is 0 Å². The van der Waals surface area contributed by atoms with Crippen LogP contribution in [0.4, 0.5) is 0 Å². The molecule has 3 N–H and O–H groups in total. The van der Waals surface area contributed by atoms with E-state index in [1.807, 2.05) is 31.2 Å². The Labute approximate surface area is 140 Å². The first kappa shape index (κ1) is 18.0. The molecule has 4 nitrogen and oxygen atoms in total. The second kappa shape index (κ2) is 8.46. The van der Waals surface area contributed by atoms with Crippen LogP contribution in [-0.2, 0) is 4.79 Å². The number of hydrogen-bond acceptors (Lipinski definition) is 3. The van der Waals surface area contributed by atoms with Crippen LogP contribution in [0, 0.1) is 18.8 Å². The second-order valence-corrected chi connectivity index (χ2v) is 7.24. The van der Waals surface area contributed by atoms with E-state index in [1.165, 1.54) is 25.1 Å². The molecule has 0 spiro atoms. The molecule has 0 radical (unpaired) electrons. The lowest BCUT2D eigenvalue weighted by atomic mass is 9.92. The number of carbonyl (C=O) groups is 1. The zero-order valence-electron chi connectivity index (χ0n) is 14.7. The van der Waals surface area contributed by atoms with Gasteiger partial charge in [0.2, 0.25) is 5.91 Å². The predicted octanol–water partition coefficient (Wildman–Crippen LogP) is 2.48. The number of benzene rings is 1. The fraction of sp³-hybridized carbons (Fsp3) is 0.632. The van der Waals surface area contributed by atoms with Gasteiger partial charge in [0.1, 0.15) is 6.04 Å². The highest BCUT2D eigenvalue weighted by molar-refractivity contribution is 5.82. The molecule has 2 rings (SSSR count). The van der Waals surface area contributed by atoms with Crippen molar-refractivity contribution in [3.05, 3.63) is 35.4 Å². The molecule has 1 aromatic rings. The molecule has 1 aliphatic rings. The van der Waals surface area contributed by atoms with E-state index in [0.29, 0.717) is 6.54 Å². The third kappa shape index (κ3) is 5.63. The van der Waals surface area contributed by atoms with Crippen molar-refractivity contribution in [2.75, 3.05) is 26.2 Å². The number of nitrogens with one attached hydrogen (secondary N) is 1. The fourth-order valence-corrected chi connectivity index (χ4v) is 3.52. The molecular formula is C19H31N3O. The van der Waals surface area contributed by atoms with Crippen LogP contribution < -0.4 is 11.1 Å². The molecular weight excluding hydrogens is 286 g/mol. The Morgan fingerprint density at radius 3 is 2.48 bits per heavy atom. The number of likely N-dealkylation sites (tertiary alicyclic amines) is 1. The summed E-state index contributed by atoms with van der Waals surface area (Å²) in [6.07, 6.45) is 2.31. The first-order chi connectivity index (χ1) is 11.0. The number of nitrogens with zero attached hydrogens (tertiary/aromatic N) is 1. The molecule has 1 amide bonds. The highest BCUT2D eigenvalue weighted by Crippen LogP contribution is 2.20. The number of hydrogen-bond donors (Lipinski definition) is 2. The maximum Gasteiger partial charge on any atom is 0.241 e. The minimum absolute atomic E-state index is 0.0887. The van der Waals surface area contributed by atoms with E-state index < -0.39 is 6.04 Å². The minimum Gasteiger partial charge on any atom is -0.354 e. The number of nitrogens with two attached hydrogens (primary N) is 1. The van der Waals surface area contributed by atoms with Gasteiger partial charge in [0, 0.05) is 19.6 Å². The van der Waals surface area contributed by atoms with Gasteiger partial charge in [-0.1, -0.05) is 43.7 Å². The van der Waals surface area contributed by atoms with Crippen molar-refractivity contribution in [2.24, 2.45) is 17.6 Å². The molecule has 1 aromatic carbocycles. The van der Waals surface area contributed by atoms with Crippen molar-refractivity contribution >= 4 is 5.91 Å². The Morgan fingerprint density at radius 2 is 1.87 bits per heavy atom. The third-order valence-corrected chi connectivity index (χ3v) is 4.61. The largest absolute Gasteiger partial charge is 0.354 e. The van der Waals surface area contributed by atoms with Crippen molar-refractivity contribution < 1.29 is 4.79 Å². The van der Waals surface area contributed by atoms with Gasteiger partial charge in [0.05, 0.1) is 0 Å². The summed E-state index contributed by atoms with van der Waals surface area (Å²) in [7, 11) is 0. The normalized spacial score (nSPS) is 23.5. The zero-order chi connectivity index (χ0) is 16.8. The summed E-state index contributed by atoms with van der Waals surface area (Å²) < 4.78 is 0. The Balaban J connectivity index is 1.69. The molecule has 1 saturated heterocycles. The number of carbonyl (C=O) groups excluding carboxylic acids is 1. The highest BCUT2D eigenvalue weighted by atomic mass is 16.2. The van der Waals surface area contributed by atoms with Crippen molar-refractivity contribution in [3.63, 3.8) is 0 Å². The molecule has 0 bridgehead atoms. The lowest BCUT2D eigenvalue weighted by Crippen LogP contribution is -2.40. The van der Waals surface area contributed by atoms with Crippen LogP contribution >= 0.6 is 0 Å². The number of piperidine rings is 1. The van der Waals surface area contributed by atoms with E-state index in [2.05, 4.69) is 24.1 Å². The van der Waals surface area contributed by atoms with Gasteiger partial charge in [-0.05, 0) is 43.7 Å². The first-order valence-corrected chi connectivity index (χ1v) is 8.78. The topological polar surface area (TPSA) is 58.4 Å². The van der Waals surface area contributed by atoms with Gasteiger partial charge in [0.25, 0.3) is 0 Å². The molecule has 3 unspecified atom stereocenters. The quantitative estimate of drug-likeness (QED) is 0.793. The van der Waals surface area contributed by atoms with Gasteiger partial charge in [-0.2, -0.15) is 0 Å². The smallest absolute Gasteiger partial charge is 0.241 e. The highest BCUT2D eigenvalue weighted by Gasteiger charge is 2.21. The average molecular weight is 317 g/mol. The number of amides is 1. The van der Waals surface area contributed by atoms with Crippen LogP contribution in [0.25, 0.3) is 0 Å². The van der Waals surface area contributed by atoms with Gasteiger partial charge in [0.15, 0.2) is 0 Å². The summed E-state index contributed by atoms with van der Waals surface area (Å²) in [5, 5.41) is 2.97. The number of rotatable bonds is 6. The molecule has 4 heteroatoms. The summed E-state index contributed by atoms with van der Waals surface area (Å²) >= 11 is 0. The van der Waals surface area contributed by atoms with E-state index in [0.717, 1.165) is 30.4 Å². The van der Waals surface area contributed by atoms with Crippen LogP contribution in [0.1, 0.15) is 43.9 Å². The molecule has 0 aromatic heterocycles. The molecule has 1 fully saturated rings. The van der Waals surface area contributed by atoms with E-state index >= 15 is 0 Å². The summed E-state index contributed by atoms with van der Waals surface area (Å²) in [5.74, 6) is 1.47. The van der Waals surface area contributed by atoms with Crippen LogP contribution in [-0.4, -0.2) is 37.0 Å². The van der Waals surface area contributed by atoms with Gasteiger partial charge < -0.3 is 16.0 Å². The first-order valence-electron chi connectivity index (χ1n) is 8.78. The molecule has 1 heterocycles. The minimum atomic E-state index is -0.578. The van der Waals surface area contributed by atoms with E-state index in [4.69, 9.17) is 5.73 Å². The Kier molecular flexibility index (Phi) is 6.60. The maximum absolute atomic E-state index is 12.1. The van der Waals surface area contributed by atoms with Crippen molar-refractivity contribution in [3.8, 4) is 0 Å². The molecule has 1 aliphatic heterocycles. The molecule has 0 saturated carbocycles. The average Bonchev–Trinajstić information content (AvgIpc) is 2.50. The van der Waals surface area contributed by atoms with Gasteiger partial charge in [-0.25, -0.2) is 0 Å². The second-order valence-electron chi connectivity index (χ2n) is 7.24.